The molecule has 1 aromatic heterocycles. The third-order valence-corrected chi connectivity index (χ3v) is 3.27. The largest absolute Gasteiger partial charge is 0.230 e. The van der Waals surface area contributed by atoms with Gasteiger partial charge in [0.05, 0.1) is 5.03 Å². The minimum Gasteiger partial charge on any atom is -0.230 e. The van der Waals surface area contributed by atoms with Gasteiger partial charge in [-0.25, -0.2) is 4.98 Å². The molecule has 14 heavy (non-hydrogen) atoms. The molecule has 0 aliphatic heterocycles. The van der Waals surface area contributed by atoms with Gasteiger partial charge in [0.25, 0.3) is 0 Å². The normalized spacial score (nSPS) is 9.79. The van der Waals surface area contributed by atoms with E-state index in [1.165, 1.54) is 0 Å². The van der Waals surface area contributed by atoms with E-state index in [1.54, 1.807) is 23.5 Å². The van der Waals surface area contributed by atoms with E-state index in [1.807, 2.05) is 12.1 Å². The highest BCUT2D eigenvalue weighted by atomic mass is 32.2. The fourth-order valence-electron chi connectivity index (χ4n) is 1.01. The van der Waals surface area contributed by atoms with Gasteiger partial charge in [-0.2, -0.15) is 5.26 Å². The van der Waals surface area contributed by atoms with Crippen molar-refractivity contribution in [3.05, 3.63) is 17.8 Å². The van der Waals surface area contributed by atoms with Crippen molar-refractivity contribution < 1.29 is 0 Å². The highest BCUT2D eigenvalue weighted by molar-refractivity contribution is 7.99. The Morgan fingerprint density at radius 3 is 2.57 bits per heavy atom. The Morgan fingerprint density at radius 1 is 1.29 bits per heavy atom. The van der Waals surface area contributed by atoms with Gasteiger partial charge in [0.1, 0.15) is 6.07 Å². The zero-order valence-corrected chi connectivity index (χ0v) is 9.91. The summed E-state index contributed by atoms with van der Waals surface area (Å²) in [4.78, 5) is 5.26. The zero-order chi connectivity index (χ0) is 10.4. The second-order valence-corrected chi connectivity index (χ2v) is 5.06. The molecule has 0 bridgehead atoms. The molecule has 0 fully saturated rings. The maximum Gasteiger partial charge on any atom is 0.155 e. The molecule has 4 heteroatoms. The quantitative estimate of drug-likeness (QED) is 0.736. The molecular formula is C10H12N2S2. The van der Waals surface area contributed by atoms with Crippen LogP contribution in [0.3, 0.4) is 0 Å². The maximum atomic E-state index is 8.90. The number of thioether (sulfide) groups is 2. The Morgan fingerprint density at radius 2 is 2.00 bits per heavy atom. The fourth-order valence-corrected chi connectivity index (χ4v) is 2.33. The van der Waals surface area contributed by atoms with Gasteiger partial charge in [-0.15, -0.1) is 23.5 Å². The van der Waals surface area contributed by atoms with Crippen LogP contribution < -0.4 is 0 Å². The lowest BCUT2D eigenvalue weighted by Gasteiger charge is -2.03. The first-order valence-electron chi connectivity index (χ1n) is 4.48. The second-order valence-electron chi connectivity index (χ2n) is 2.47. The zero-order valence-electron chi connectivity index (χ0n) is 8.28. The molecule has 0 aromatic carbocycles. The third-order valence-electron chi connectivity index (χ3n) is 1.53. The predicted octanol–water partition coefficient (Wildman–Crippen LogP) is 3.18. The molecule has 1 heterocycles. The molecule has 74 valence electrons. The van der Waals surface area contributed by atoms with Gasteiger partial charge < -0.3 is 0 Å². The number of hydrogen-bond donors (Lipinski definition) is 0. The summed E-state index contributed by atoms with van der Waals surface area (Å²) in [5.41, 5.74) is 0.551. The number of rotatable bonds is 4. The van der Waals surface area contributed by atoms with E-state index in [9.17, 15) is 0 Å². The molecule has 1 rings (SSSR count). The van der Waals surface area contributed by atoms with Crippen LogP contribution in [0.2, 0.25) is 0 Å². The van der Waals surface area contributed by atoms with Gasteiger partial charge in [-0.3, -0.25) is 0 Å². The summed E-state index contributed by atoms with van der Waals surface area (Å²) in [5.74, 6) is 1.95. The van der Waals surface area contributed by atoms with E-state index in [-0.39, 0.29) is 0 Å². The van der Waals surface area contributed by atoms with Crippen molar-refractivity contribution in [2.75, 3.05) is 11.5 Å². The highest BCUT2D eigenvalue weighted by Crippen LogP contribution is 2.24. The molecule has 0 aliphatic rings. The van der Waals surface area contributed by atoms with E-state index in [0.29, 0.717) is 5.69 Å². The van der Waals surface area contributed by atoms with Crippen molar-refractivity contribution in [1.82, 2.24) is 4.98 Å². The minimum atomic E-state index is 0.551. The van der Waals surface area contributed by atoms with Crippen LogP contribution in [-0.4, -0.2) is 16.5 Å². The van der Waals surface area contributed by atoms with Crippen LogP contribution in [0.15, 0.2) is 22.1 Å². The fraction of sp³-hybridized carbons (Fsp3) is 0.400. The molecule has 0 spiro atoms. The van der Waals surface area contributed by atoms with Crippen LogP contribution in [-0.2, 0) is 0 Å². The lowest BCUT2D eigenvalue weighted by Crippen LogP contribution is -1.89. The van der Waals surface area contributed by atoms with E-state index in [4.69, 9.17) is 5.26 Å². The minimum absolute atomic E-state index is 0.551. The summed E-state index contributed by atoms with van der Waals surface area (Å²) >= 11 is 3.32. The summed E-state index contributed by atoms with van der Waals surface area (Å²) in [5, 5.41) is 9.84. The van der Waals surface area contributed by atoms with Crippen LogP contribution in [0.5, 0.6) is 0 Å². The highest BCUT2D eigenvalue weighted by Gasteiger charge is 2.04. The van der Waals surface area contributed by atoms with Crippen molar-refractivity contribution in [3.8, 4) is 6.07 Å². The van der Waals surface area contributed by atoms with Crippen LogP contribution in [0.4, 0.5) is 0 Å². The van der Waals surface area contributed by atoms with Gasteiger partial charge in [0.15, 0.2) is 5.69 Å². The van der Waals surface area contributed by atoms with E-state index in [0.717, 1.165) is 21.4 Å². The van der Waals surface area contributed by atoms with Crippen LogP contribution in [0, 0.1) is 11.3 Å². The monoisotopic (exact) mass is 224 g/mol. The number of hydrogen-bond acceptors (Lipinski definition) is 4. The molecule has 0 radical (unpaired) electrons. The average Bonchev–Trinajstić information content (AvgIpc) is 2.21. The molecule has 0 saturated heterocycles. The molecule has 2 nitrogen and oxygen atoms in total. The Labute approximate surface area is 93.1 Å². The van der Waals surface area contributed by atoms with Crippen molar-refractivity contribution in [2.45, 2.75) is 23.8 Å². The Bertz CT molecular complexity index is 344. The number of nitrogens with zero attached hydrogens (tertiary/aromatic N) is 2. The molecule has 0 amide bonds. The lowest BCUT2D eigenvalue weighted by atomic mass is 10.4. The Balaban J connectivity index is 2.94. The molecule has 0 unspecified atom stereocenters. The first kappa shape index (κ1) is 11.4. The maximum absolute atomic E-state index is 8.90. The molecular weight excluding hydrogens is 212 g/mol. The van der Waals surface area contributed by atoms with E-state index >= 15 is 0 Å². The molecule has 0 N–H and O–H groups in total. The number of pyridine rings is 1. The van der Waals surface area contributed by atoms with Crippen molar-refractivity contribution >= 4 is 23.5 Å². The summed E-state index contributed by atoms with van der Waals surface area (Å²) in [6, 6.07) is 6.10. The SMILES string of the molecule is CCSc1ccc(SCC)c(C#N)n1. The third kappa shape index (κ3) is 2.93. The van der Waals surface area contributed by atoms with Gasteiger partial charge >= 0.3 is 0 Å². The number of nitriles is 1. The first-order valence-corrected chi connectivity index (χ1v) is 6.45. The van der Waals surface area contributed by atoms with E-state index in [2.05, 4.69) is 24.9 Å². The summed E-state index contributed by atoms with van der Waals surface area (Å²) in [6.07, 6.45) is 0. The molecule has 0 saturated carbocycles. The van der Waals surface area contributed by atoms with Gasteiger partial charge in [0.2, 0.25) is 0 Å². The number of aromatic nitrogens is 1. The molecule has 0 aliphatic carbocycles. The summed E-state index contributed by atoms with van der Waals surface area (Å²) in [7, 11) is 0. The van der Waals surface area contributed by atoms with Gasteiger partial charge in [0, 0.05) is 4.90 Å². The van der Waals surface area contributed by atoms with Crippen LogP contribution in [0.25, 0.3) is 0 Å². The van der Waals surface area contributed by atoms with Crippen molar-refractivity contribution in [1.29, 1.82) is 5.26 Å². The summed E-state index contributed by atoms with van der Waals surface area (Å²) < 4.78 is 0. The second kappa shape index (κ2) is 5.94. The predicted molar refractivity (Wildman–Crippen MR) is 61.7 cm³/mol. The summed E-state index contributed by atoms with van der Waals surface area (Å²) in [6.45, 7) is 4.15. The van der Waals surface area contributed by atoms with Crippen molar-refractivity contribution in [2.24, 2.45) is 0 Å². The van der Waals surface area contributed by atoms with Gasteiger partial charge in [-0.05, 0) is 23.6 Å². The standard InChI is InChI=1S/C10H12N2S2/c1-3-13-9-5-6-10(14-4-2)12-8(9)7-11/h5-6H,3-4H2,1-2H3. The van der Waals surface area contributed by atoms with Crippen LogP contribution >= 0.6 is 23.5 Å². The first-order chi connectivity index (χ1) is 6.81. The Hall–Kier alpha value is -0.660. The van der Waals surface area contributed by atoms with Crippen molar-refractivity contribution in [3.63, 3.8) is 0 Å². The smallest absolute Gasteiger partial charge is 0.155 e. The van der Waals surface area contributed by atoms with Crippen LogP contribution in [0.1, 0.15) is 19.5 Å². The van der Waals surface area contributed by atoms with E-state index < -0.39 is 0 Å². The molecule has 1 aromatic rings. The topological polar surface area (TPSA) is 36.7 Å². The lowest BCUT2D eigenvalue weighted by molar-refractivity contribution is 1.05. The van der Waals surface area contributed by atoms with Gasteiger partial charge in [-0.1, -0.05) is 13.8 Å². The Kier molecular flexibility index (Phi) is 4.85. The average molecular weight is 224 g/mol. The molecule has 0 atom stereocenters.